The molecule has 0 atom stereocenters. The summed E-state index contributed by atoms with van der Waals surface area (Å²) < 4.78 is 35.6. The second kappa shape index (κ2) is 10.6. The van der Waals surface area contributed by atoms with Gasteiger partial charge in [-0.2, -0.15) is 0 Å². The first kappa shape index (κ1) is 23.9. The lowest BCUT2D eigenvalue weighted by Gasteiger charge is -2.21. The van der Waals surface area contributed by atoms with Crippen LogP contribution in [0.1, 0.15) is 12.0 Å². The zero-order valence-electron chi connectivity index (χ0n) is 17.5. The summed E-state index contributed by atoms with van der Waals surface area (Å²) in [4.78, 5) is 22.6. The van der Waals surface area contributed by atoms with Crippen molar-refractivity contribution in [2.24, 2.45) is 0 Å². The Balaban J connectivity index is 1.95. The Morgan fingerprint density at radius 3 is 2.45 bits per heavy atom. The van der Waals surface area contributed by atoms with Crippen molar-refractivity contribution in [3.8, 4) is 11.5 Å². The third-order valence-electron chi connectivity index (χ3n) is 4.43. The summed E-state index contributed by atoms with van der Waals surface area (Å²) in [5.74, 6) is 0.732. The molecule has 0 unspecified atom stereocenters. The van der Waals surface area contributed by atoms with E-state index in [9.17, 15) is 23.3 Å². The molecule has 0 aliphatic heterocycles. The SMILES string of the molecule is COc1ccc(CCCNC(=O)CN(c2cccc([N+](=O)[O-])c2)S(C)(=O)=O)cc1OC. The van der Waals surface area contributed by atoms with Gasteiger partial charge in [-0.3, -0.25) is 19.2 Å². The van der Waals surface area contributed by atoms with Crippen molar-refractivity contribution in [2.45, 2.75) is 12.8 Å². The molecule has 0 saturated heterocycles. The minimum Gasteiger partial charge on any atom is -0.493 e. The zero-order valence-corrected chi connectivity index (χ0v) is 18.3. The number of benzene rings is 2. The van der Waals surface area contributed by atoms with E-state index in [1.54, 1.807) is 20.3 Å². The van der Waals surface area contributed by atoms with E-state index in [2.05, 4.69) is 5.32 Å². The monoisotopic (exact) mass is 451 g/mol. The molecule has 0 aliphatic rings. The summed E-state index contributed by atoms with van der Waals surface area (Å²) >= 11 is 0. The van der Waals surface area contributed by atoms with Crippen molar-refractivity contribution in [1.82, 2.24) is 5.32 Å². The third kappa shape index (κ3) is 6.85. The van der Waals surface area contributed by atoms with Crippen LogP contribution in [-0.2, 0) is 21.2 Å². The second-order valence-corrected chi connectivity index (χ2v) is 8.60. The molecule has 0 aromatic heterocycles. The highest BCUT2D eigenvalue weighted by Gasteiger charge is 2.22. The molecule has 0 aliphatic carbocycles. The van der Waals surface area contributed by atoms with Crippen LogP contribution in [0.2, 0.25) is 0 Å². The molecule has 10 nitrogen and oxygen atoms in total. The van der Waals surface area contributed by atoms with E-state index in [4.69, 9.17) is 9.47 Å². The smallest absolute Gasteiger partial charge is 0.271 e. The number of nitrogens with zero attached hydrogens (tertiary/aromatic N) is 2. The van der Waals surface area contributed by atoms with Crippen molar-refractivity contribution in [1.29, 1.82) is 0 Å². The fraction of sp³-hybridized carbons (Fsp3) is 0.350. The van der Waals surface area contributed by atoms with E-state index in [-0.39, 0.29) is 11.4 Å². The van der Waals surface area contributed by atoms with Crippen molar-refractivity contribution >= 4 is 27.3 Å². The van der Waals surface area contributed by atoms with Gasteiger partial charge in [0.2, 0.25) is 15.9 Å². The maximum absolute atomic E-state index is 12.3. The van der Waals surface area contributed by atoms with E-state index in [0.29, 0.717) is 30.9 Å². The summed E-state index contributed by atoms with van der Waals surface area (Å²) in [5, 5.41) is 13.6. The fourth-order valence-electron chi connectivity index (χ4n) is 2.90. The van der Waals surface area contributed by atoms with Crippen molar-refractivity contribution in [3.63, 3.8) is 0 Å². The Morgan fingerprint density at radius 1 is 1.13 bits per heavy atom. The molecule has 168 valence electrons. The number of nitro benzene ring substituents is 1. The first-order valence-corrected chi connectivity index (χ1v) is 11.2. The topological polar surface area (TPSA) is 128 Å². The Hall–Kier alpha value is -3.34. The zero-order chi connectivity index (χ0) is 23.0. The third-order valence-corrected chi connectivity index (χ3v) is 5.57. The van der Waals surface area contributed by atoms with Crippen LogP contribution < -0.4 is 19.1 Å². The number of anilines is 1. The van der Waals surface area contributed by atoms with E-state index in [1.165, 1.54) is 18.2 Å². The average Bonchev–Trinajstić information content (AvgIpc) is 2.74. The summed E-state index contributed by atoms with van der Waals surface area (Å²) in [7, 11) is -0.711. The standard InChI is InChI=1S/C20H25N3O7S/c1-29-18-10-9-15(12-19(18)30-2)6-5-11-21-20(24)14-22(31(3,27)28)16-7-4-8-17(13-16)23(25)26/h4,7-10,12-13H,5-6,11,14H2,1-3H3,(H,21,24). The number of carbonyl (C=O) groups excluding carboxylic acids is 1. The van der Waals surface area contributed by atoms with E-state index >= 15 is 0 Å². The number of nitro groups is 1. The van der Waals surface area contributed by atoms with Crippen molar-refractivity contribution in [2.75, 3.05) is 37.9 Å². The lowest BCUT2D eigenvalue weighted by Crippen LogP contribution is -2.40. The number of amides is 1. The molecular weight excluding hydrogens is 426 g/mol. The van der Waals surface area contributed by atoms with Gasteiger partial charge in [-0.25, -0.2) is 8.42 Å². The van der Waals surface area contributed by atoms with Crippen LogP contribution in [0.3, 0.4) is 0 Å². The number of non-ortho nitro benzene ring substituents is 1. The van der Waals surface area contributed by atoms with Crippen LogP contribution in [0.15, 0.2) is 42.5 Å². The Morgan fingerprint density at radius 2 is 1.84 bits per heavy atom. The number of methoxy groups -OCH3 is 2. The molecule has 0 radical (unpaired) electrons. The average molecular weight is 452 g/mol. The highest BCUT2D eigenvalue weighted by atomic mass is 32.2. The number of aryl methyl sites for hydroxylation is 1. The first-order valence-electron chi connectivity index (χ1n) is 9.35. The molecular formula is C20H25N3O7S. The van der Waals surface area contributed by atoms with Gasteiger partial charge in [0.15, 0.2) is 11.5 Å². The molecule has 1 amide bonds. The Labute approximate surface area is 181 Å². The molecule has 1 N–H and O–H groups in total. The highest BCUT2D eigenvalue weighted by molar-refractivity contribution is 7.92. The number of nitrogens with one attached hydrogen (secondary N) is 1. The van der Waals surface area contributed by atoms with Crippen LogP contribution in [-0.4, -0.2) is 52.8 Å². The lowest BCUT2D eigenvalue weighted by molar-refractivity contribution is -0.384. The van der Waals surface area contributed by atoms with E-state index in [1.807, 2.05) is 12.1 Å². The predicted molar refractivity (Wildman–Crippen MR) is 116 cm³/mol. The Bertz CT molecular complexity index is 1040. The molecule has 2 aromatic rings. The minimum atomic E-state index is -3.82. The highest BCUT2D eigenvalue weighted by Crippen LogP contribution is 2.28. The van der Waals surface area contributed by atoms with Gasteiger partial charge in [0, 0.05) is 18.7 Å². The fourth-order valence-corrected chi connectivity index (χ4v) is 3.75. The number of carbonyl (C=O) groups is 1. The van der Waals surface area contributed by atoms with Crippen LogP contribution in [0.4, 0.5) is 11.4 Å². The van der Waals surface area contributed by atoms with Crippen LogP contribution in [0.25, 0.3) is 0 Å². The van der Waals surface area contributed by atoms with Gasteiger partial charge in [0.25, 0.3) is 5.69 Å². The molecule has 0 heterocycles. The largest absolute Gasteiger partial charge is 0.493 e. The number of sulfonamides is 1. The first-order chi connectivity index (χ1) is 14.7. The molecule has 31 heavy (non-hydrogen) atoms. The molecule has 0 bridgehead atoms. The van der Waals surface area contributed by atoms with Gasteiger partial charge in [0.05, 0.1) is 31.1 Å². The number of rotatable bonds is 11. The summed E-state index contributed by atoms with van der Waals surface area (Å²) in [6, 6.07) is 10.7. The normalized spacial score (nSPS) is 10.9. The van der Waals surface area contributed by atoms with Crippen LogP contribution in [0, 0.1) is 10.1 Å². The van der Waals surface area contributed by atoms with Crippen LogP contribution >= 0.6 is 0 Å². The van der Waals surface area contributed by atoms with Gasteiger partial charge in [-0.05, 0) is 36.6 Å². The van der Waals surface area contributed by atoms with Gasteiger partial charge < -0.3 is 14.8 Å². The molecule has 0 fully saturated rings. The number of ether oxygens (including phenoxy) is 2. The van der Waals surface area contributed by atoms with Crippen molar-refractivity contribution < 1.29 is 27.6 Å². The molecule has 0 saturated carbocycles. The summed E-state index contributed by atoms with van der Waals surface area (Å²) in [6.45, 7) is -0.143. The van der Waals surface area contributed by atoms with Crippen molar-refractivity contribution in [3.05, 3.63) is 58.1 Å². The maximum Gasteiger partial charge on any atom is 0.271 e. The van der Waals surface area contributed by atoms with E-state index in [0.717, 1.165) is 22.2 Å². The van der Waals surface area contributed by atoms with Crippen LogP contribution in [0.5, 0.6) is 11.5 Å². The maximum atomic E-state index is 12.3. The van der Waals surface area contributed by atoms with Gasteiger partial charge in [0.1, 0.15) is 6.54 Å². The number of hydrogen-bond donors (Lipinski definition) is 1. The quantitative estimate of drug-likeness (QED) is 0.315. The molecule has 0 spiro atoms. The number of hydrogen-bond acceptors (Lipinski definition) is 7. The molecule has 11 heteroatoms. The summed E-state index contributed by atoms with van der Waals surface area (Å²) in [5.41, 5.74) is 0.792. The summed E-state index contributed by atoms with van der Waals surface area (Å²) in [6.07, 6.45) is 2.23. The van der Waals surface area contributed by atoms with Gasteiger partial charge in [-0.1, -0.05) is 12.1 Å². The van der Waals surface area contributed by atoms with Gasteiger partial charge >= 0.3 is 0 Å². The molecule has 2 aromatic carbocycles. The second-order valence-electron chi connectivity index (χ2n) is 6.69. The predicted octanol–water partition coefficient (Wildman–Crippen LogP) is 2.13. The van der Waals surface area contributed by atoms with Gasteiger partial charge in [-0.15, -0.1) is 0 Å². The minimum absolute atomic E-state index is 0.0529. The Kier molecular flexibility index (Phi) is 8.20. The van der Waals surface area contributed by atoms with E-state index < -0.39 is 27.4 Å². The lowest BCUT2D eigenvalue weighted by atomic mass is 10.1. The molecule has 2 rings (SSSR count).